The molecule has 17 nitrogen and oxygen atoms in total. The van der Waals surface area contributed by atoms with Crippen LogP contribution in [0.1, 0.15) is 395 Å². The molecule has 2 unspecified atom stereocenters. The van der Waals surface area contributed by atoms with Crippen molar-refractivity contribution in [2.24, 2.45) is 11.8 Å². The van der Waals surface area contributed by atoms with Gasteiger partial charge < -0.3 is 33.8 Å². The van der Waals surface area contributed by atoms with Crippen LogP contribution in [0.15, 0.2) is 0 Å². The van der Waals surface area contributed by atoms with E-state index >= 15 is 0 Å². The summed E-state index contributed by atoms with van der Waals surface area (Å²) in [6, 6.07) is 0. The maximum absolute atomic E-state index is 13.1. The Hall–Kier alpha value is -1.94. The molecule has 0 aliphatic carbocycles. The lowest BCUT2D eigenvalue weighted by Gasteiger charge is -2.21. The molecular weight excluding hydrogens is 1250 g/mol. The van der Waals surface area contributed by atoms with E-state index in [9.17, 15) is 43.2 Å². The van der Waals surface area contributed by atoms with E-state index in [2.05, 4.69) is 41.5 Å². The first kappa shape index (κ1) is 93.1. The highest BCUT2D eigenvalue weighted by Gasteiger charge is 2.30. The lowest BCUT2D eigenvalue weighted by molar-refractivity contribution is -0.161. The minimum absolute atomic E-state index is 0.107. The molecule has 0 saturated carbocycles. The average molecular weight is 1400 g/mol. The Labute approximate surface area is 581 Å². The van der Waals surface area contributed by atoms with Gasteiger partial charge in [-0.25, -0.2) is 9.13 Å². The summed E-state index contributed by atoms with van der Waals surface area (Å²) < 4.78 is 68.5. The quantitative estimate of drug-likeness (QED) is 0.0222. The molecule has 0 rings (SSSR count). The number of hydrogen-bond donors (Lipinski definition) is 3. The molecule has 5 atom stereocenters. The van der Waals surface area contributed by atoms with Crippen LogP contribution in [0.2, 0.25) is 0 Å². The second-order valence-electron chi connectivity index (χ2n) is 28.3. The van der Waals surface area contributed by atoms with E-state index in [4.69, 9.17) is 37.0 Å². The van der Waals surface area contributed by atoms with Gasteiger partial charge in [0, 0.05) is 25.7 Å². The smallest absolute Gasteiger partial charge is 0.462 e. The van der Waals surface area contributed by atoms with Crippen molar-refractivity contribution in [3.63, 3.8) is 0 Å². The predicted molar refractivity (Wildman–Crippen MR) is 386 cm³/mol. The van der Waals surface area contributed by atoms with Crippen LogP contribution in [0.3, 0.4) is 0 Å². The molecule has 0 aliphatic heterocycles. The highest BCUT2D eigenvalue weighted by Crippen LogP contribution is 2.45. The lowest BCUT2D eigenvalue weighted by atomic mass is 10.0. The number of phosphoric acid groups is 2. The van der Waals surface area contributed by atoms with Crippen LogP contribution in [-0.4, -0.2) is 96.7 Å². The number of phosphoric ester groups is 2. The lowest BCUT2D eigenvalue weighted by Crippen LogP contribution is -2.30. The summed E-state index contributed by atoms with van der Waals surface area (Å²) in [5.41, 5.74) is 0. The zero-order valence-electron chi connectivity index (χ0n) is 62.0. The summed E-state index contributed by atoms with van der Waals surface area (Å²) >= 11 is 0. The van der Waals surface area contributed by atoms with Gasteiger partial charge in [-0.3, -0.25) is 37.3 Å². The largest absolute Gasteiger partial charge is 0.472 e. The van der Waals surface area contributed by atoms with E-state index < -0.39 is 97.5 Å². The summed E-state index contributed by atoms with van der Waals surface area (Å²) in [6.45, 7) is 9.59. The number of carbonyl (C=O) groups is 4. The monoisotopic (exact) mass is 1400 g/mol. The third-order valence-corrected chi connectivity index (χ3v) is 19.6. The molecule has 0 saturated heterocycles. The van der Waals surface area contributed by atoms with E-state index in [1.54, 1.807) is 0 Å². The van der Waals surface area contributed by atoms with Crippen molar-refractivity contribution in [2.75, 3.05) is 39.6 Å². The van der Waals surface area contributed by atoms with Crippen molar-refractivity contribution in [1.29, 1.82) is 0 Å². The highest BCUT2D eigenvalue weighted by atomic mass is 31.2. The molecule has 564 valence electrons. The fraction of sp³-hybridized carbons (Fsp3) is 0.947. The van der Waals surface area contributed by atoms with E-state index in [1.807, 2.05) is 0 Å². The van der Waals surface area contributed by atoms with Gasteiger partial charge in [0.2, 0.25) is 0 Å². The molecule has 0 aromatic heterocycles. The van der Waals surface area contributed by atoms with E-state index in [0.717, 1.165) is 102 Å². The SMILES string of the molecule is CCCCCCCCCCCCCCCCC(=O)OC[C@H](COP(=O)(O)OC[C@@H](O)COP(=O)(O)OC[C@@H](COC(=O)CCCCCCCCCCC(C)C)OC(=O)CCCCCCCCCCCCCCC)OC(=O)CCCCCCCCCCCCCCCCC(C)C. The summed E-state index contributed by atoms with van der Waals surface area (Å²) in [5.74, 6) is -0.592. The predicted octanol–water partition coefficient (Wildman–Crippen LogP) is 22.3. The average Bonchev–Trinajstić information content (AvgIpc) is 1.90. The van der Waals surface area contributed by atoms with E-state index in [0.29, 0.717) is 25.7 Å². The Kier molecular flexibility index (Phi) is 66.5. The minimum Gasteiger partial charge on any atom is -0.462 e. The molecule has 19 heteroatoms. The van der Waals surface area contributed by atoms with Crippen molar-refractivity contribution >= 4 is 39.5 Å². The van der Waals surface area contributed by atoms with Crippen LogP contribution >= 0.6 is 15.6 Å². The maximum atomic E-state index is 13.1. The molecule has 0 heterocycles. The number of rotatable bonds is 75. The fourth-order valence-corrected chi connectivity index (χ4v) is 13.2. The number of aliphatic hydroxyl groups excluding tert-OH is 1. The first-order valence-electron chi connectivity index (χ1n) is 39.5. The van der Waals surface area contributed by atoms with Gasteiger partial charge >= 0.3 is 39.5 Å². The zero-order chi connectivity index (χ0) is 70.0. The third-order valence-electron chi connectivity index (χ3n) is 17.7. The van der Waals surface area contributed by atoms with Gasteiger partial charge in [-0.05, 0) is 37.5 Å². The highest BCUT2D eigenvalue weighted by molar-refractivity contribution is 7.47. The van der Waals surface area contributed by atoms with Crippen molar-refractivity contribution in [3.05, 3.63) is 0 Å². The normalized spacial score (nSPS) is 14.0. The number of carbonyl (C=O) groups excluding carboxylic acids is 4. The number of ether oxygens (including phenoxy) is 4. The molecule has 0 spiro atoms. The second-order valence-corrected chi connectivity index (χ2v) is 31.3. The van der Waals surface area contributed by atoms with Crippen molar-refractivity contribution < 1.29 is 80.2 Å². The number of aliphatic hydroxyl groups is 1. The van der Waals surface area contributed by atoms with E-state index in [-0.39, 0.29) is 25.7 Å². The first-order chi connectivity index (χ1) is 45.9. The molecule has 95 heavy (non-hydrogen) atoms. The number of hydrogen-bond acceptors (Lipinski definition) is 15. The first-order valence-corrected chi connectivity index (χ1v) is 42.5. The number of unbranched alkanes of at least 4 members (excludes halogenated alkanes) is 45. The Morgan fingerprint density at radius 3 is 0.716 bits per heavy atom. The fourth-order valence-electron chi connectivity index (χ4n) is 11.7. The Bertz CT molecular complexity index is 1840. The minimum atomic E-state index is -4.96. The topological polar surface area (TPSA) is 237 Å². The molecule has 0 amide bonds. The zero-order valence-corrected chi connectivity index (χ0v) is 63.8. The Morgan fingerprint density at radius 1 is 0.284 bits per heavy atom. The third kappa shape index (κ3) is 70.3. The summed E-state index contributed by atoms with van der Waals surface area (Å²) in [7, 11) is -9.91. The summed E-state index contributed by atoms with van der Waals surface area (Å²) in [4.78, 5) is 72.8. The van der Waals surface area contributed by atoms with Gasteiger partial charge in [0.1, 0.15) is 19.3 Å². The molecule has 0 aromatic rings. The summed E-state index contributed by atoms with van der Waals surface area (Å²) in [5, 5.41) is 10.6. The Morgan fingerprint density at radius 2 is 0.484 bits per heavy atom. The van der Waals surface area contributed by atoms with Crippen LogP contribution in [0.4, 0.5) is 0 Å². The van der Waals surface area contributed by atoms with Gasteiger partial charge in [0.15, 0.2) is 12.2 Å². The van der Waals surface area contributed by atoms with Crippen molar-refractivity contribution in [1.82, 2.24) is 0 Å². The van der Waals surface area contributed by atoms with Crippen LogP contribution in [0.25, 0.3) is 0 Å². The summed E-state index contributed by atoms with van der Waals surface area (Å²) in [6.07, 6.45) is 55.4. The molecule has 0 aliphatic rings. The molecule has 0 aromatic carbocycles. The van der Waals surface area contributed by atoms with Crippen LogP contribution in [0, 0.1) is 11.8 Å². The van der Waals surface area contributed by atoms with E-state index in [1.165, 1.54) is 212 Å². The molecule has 0 fully saturated rings. The van der Waals surface area contributed by atoms with Crippen LogP contribution < -0.4 is 0 Å². The van der Waals surface area contributed by atoms with Gasteiger partial charge in [-0.15, -0.1) is 0 Å². The van der Waals surface area contributed by atoms with Crippen molar-refractivity contribution in [2.45, 2.75) is 413 Å². The number of esters is 4. The molecule has 0 bridgehead atoms. The molecule has 0 radical (unpaired) electrons. The van der Waals surface area contributed by atoms with Gasteiger partial charge in [-0.1, -0.05) is 343 Å². The van der Waals surface area contributed by atoms with Crippen molar-refractivity contribution in [3.8, 4) is 0 Å². The van der Waals surface area contributed by atoms with Crippen LogP contribution in [-0.2, 0) is 65.4 Å². The standard InChI is InChI=1S/C76H148O17P2/c1-7-9-11-13-15-17-19-21-26-29-33-40-46-52-58-73(78)86-64-71(92-76(81)61-55-49-43-35-31-27-23-22-25-28-32-38-44-50-56-68(3)4)66-90-94(82,83)88-62-70(77)63-89-95(84,85)91-67-72(65-87-74(79)59-53-47-41-37-36-39-45-51-57-69(5)6)93-75(80)60-54-48-42-34-30-24-20-18-16-14-12-10-8-2/h68-72,77H,7-67H2,1-6H3,(H,82,83)(H,84,85)/t70-,71-,72-/m1/s1. The Balaban J connectivity index is 5.25. The van der Waals surface area contributed by atoms with Crippen LogP contribution in [0.5, 0.6) is 0 Å². The molecular formula is C76H148O17P2. The van der Waals surface area contributed by atoms with Gasteiger partial charge in [-0.2, -0.15) is 0 Å². The van der Waals surface area contributed by atoms with Gasteiger partial charge in [0.05, 0.1) is 26.4 Å². The van der Waals surface area contributed by atoms with Gasteiger partial charge in [0.25, 0.3) is 0 Å². The second kappa shape index (κ2) is 67.9. The maximum Gasteiger partial charge on any atom is 0.472 e. The molecule has 3 N–H and O–H groups in total.